The van der Waals surface area contributed by atoms with Crippen LogP contribution in [0.25, 0.3) is 0 Å². The van der Waals surface area contributed by atoms with Crippen LogP contribution in [0.1, 0.15) is 19.8 Å². The van der Waals surface area contributed by atoms with Gasteiger partial charge in [0.05, 0.1) is 6.61 Å². The lowest BCUT2D eigenvalue weighted by molar-refractivity contribution is 0.0399. The standard InChI is InChI=1S/C7H15NO/c1-2-6-3-7(8)5-9-4-6/h6-7H,2-5,8H2,1H3. The Morgan fingerprint density at radius 2 is 2.33 bits per heavy atom. The molecule has 1 aliphatic heterocycles. The molecule has 2 atom stereocenters. The largest absolute Gasteiger partial charge is 0.380 e. The molecule has 0 aromatic heterocycles. The minimum Gasteiger partial charge on any atom is -0.380 e. The molecule has 0 spiro atoms. The maximum atomic E-state index is 5.68. The van der Waals surface area contributed by atoms with Crippen molar-refractivity contribution < 1.29 is 4.74 Å². The average Bonchev–Trinajstić information content (AvgIpc) is 1.88. The SMILES string of the molecule is CCC1COCC(N)C1. The van der Waals surface area contributed by atoms with Crippen molar-refractivity contribution in [1.82, 2.24) is 0 Å². The van der Waals surface area contributed by atoms with E-state index in [-0.39, 0.29) is 0 Å². The molecule has 0 aromatic rings. The Hall–Kier alpha value is -0.0800. The van der Waals surface area contributed by atoms with Crippen molar-refractivity contribution in [1.29, 1.82) is 0 Å². The highest BCUT2D eigenvalue weighted by Crippen LogP contribution is 2.15. The maximum absolute atomic E-state index is 5.68. The van der Waals surface area contributed by atoms with Gasteiger partial charge in [0.15, 0.2) is 0 Å². The summed E-state index contributed by atoms with van der Waals surface area (Å²) >= 11 is 0. The van der Waals surface area contributed by atoms with Gasteiger partial charge in [-0.15, -0.1) is 0 Å². The lowest BCUT2D eigenvalue weighted by atomic mass is 9.97. The Kier molecular flexibility index (Phi) is 2.49. The Labute approximate surface area is 56.4 Å². The first-order valence-electron chi connectivity index (χ1n) is 3.66. The third-order valence-corrected chi connectivity index (χ3v) is 1.90. The summed E-state index contributed by atoms with van der Waals surface area (Å²) in [5.74, 6) is 0.716. The van der Waals surface area contributed by atoms with E-state index in [1.807, 2.05) is 0 Å². The van der Waals surface area contributed by atoms with Gasteiger partial charge in [-0.1, -0.05) is 13.3 Å². The summed E-state index contributed by atoms with van der Waals surface area (Å²) in [6.07, 6.45) is 2.35. The Balaban J connectivity index is 2.23. The molecule has 0 saturated carbocycles. The Bertz CT molecular complexity index is 85.0. The molecule has 0 bridgehead atoms. The molecule has 1 fully saturated rings. The van der Waals surface area contributed by atoms with Crippen LogP contribution in [-0.2, 0) is 4.74 Å². The van der Waals surface area contributed by atoms with Crippen molar-refractivity contribution in [3.63, 3.8) is 0 Å². The molecule has 2 nitrogen and oxygen atoms in total. The second-order valence-corrected chi connectivity index (χ2v) is 2.81. The van der Waals surface area contributed by atoms with Gasteiger partial charge < -0.3 is 10.5 Å². The number of nitrogens with two attached hydrogens (primary N) is 1. The summed E-state index contributed by atoms with van der Waals surface area (Å²) < 4.78 is 5.26. The van der Waals surface area contributed by atoms with Crippen molar-refractivity contribution in [3.05, 3.63) is 0 Å². The van der Waals surface area contributed by atoms with Crippen LogP contribution in [-0.4, -0.2) is 19.3 Å². The molecule has 2 unspecified atom stereocenters. The van der Waals surface area contributed by atoms with Gasteiger partial charge in [0, 0.05) is 12.6 Å². The van der Waals surface area contributed by atoms with Gasteiger partial charge >= 0.3 is 0 Å². The van der Waals surface area contributed by atoms with E-state index in [0.717, 1.165) is 19.6 Å². The number of hydrogen-bond donors (Lipinski definition) is 1. The van der Waals surface area contributed by atoms with E-state index in [1.165, 1.54) is 6.42 Å². The first-order valence-corrected chi connectivity index (χ1v) is 3.66. The van der Waals surface area contributed by atoms with Crippen LogP contribution < -0.4 is 5.73 Å². The van der Waals surface area contributed by atoms with E-state index in [9.17, 15) is 0 Å². The van der Waals surface area contributed by atoms with E-state index in [2.05, 4.69) is 6.92 Å². The third kappa shape index (κ3) is 1.95. The molecule has 0 aliphatic carbocycles. The Morgan fingerprint density at radius 1 is 1.56 bits per heavy atom. The minimum absolute atomic E-state index is 0.295. The van der Waals surface area contributed by atoms with Crippen LogP contribution in [0.2, 0.25) is 0 Å². The van der Waals surface area contributed by atoms with Crippen molar-refractivity contribution in [2.24, 2.45) is 11.7 Å². The second kappa shape index (κ2) is 3.18. The molecule has 1 saturated heterocycles. The molecule has 1 rings (SSSR count). The van der Waals surface area contributed by atoms with Crippen LogP contribution in [0.5, 0.6) is 0 Å². The van der Waals surface area contributed by atoms with E-state index in [4.69, 9.17) is 10.5 Å². The number of hydrogen-bond acceptors (Lipinski definition) is 2. The highest BCUT2D eigenvalue weighted by molar-refractivity contribution is 4.71. The molecule has 2 heteroatoms. The predicted octanol–water partition coefficient (Wildman–Crippen LogP) is 0.760. The molecular weight excluding hydrogens is 114 g/mol. The highest BCUT2D eigenvalue weighted by atomic mass is 16.5. The molecule has 1 aliphatic rings. The fourth-order valence-electron chi connectivity index (χ4n) is 1.23. The van der Waals surface area contributed by atoms with E-state index < -0.39 is 0 Å². The second-order valence-electron chi connectivity index (χ2n) is 2.81. The van der Waals surface area contributed by atoms with Gasteiger partial charge in [-0.3, -0.25) is 0 Å². The van der Waals surface area contributed by atoms with E-state index in [1.54, 1.807) is 0 Å². The van der Waals surface area contributed by atoms with Gasteiger partial charge in [-0.05, 0) is 12.3 Å². The van der Waals surface area contributed by atoms with Crippen LogP contribution in [0.3, 0.4) is 0 Å². The molecule has 1 heterocycles. The van der Waals surface area contributed by atoms with Crippen LogP contribution in [0.4, 0.5) is 0 Å². The van der Waals surface area contributed by atoms with Gasteiger partial charge in [-0.2, -0.15) is 0 Å². The fraction of sp³-hybridized carbons (Fsp3) is 1.00. The lowest BCUT2D eigenvalue weighted by Gasteiger charge is -2.25. The van der Waals surface area contributed by atoms with Crippen molar-refractivity contribution in [3.8, 4) is 0 Å². The van der Waals surface area contributed by atoms with Crippen molar-refractivity contribution in [2.45, 2.75) is 25.8 Å². The third-order valence-electron chi connectivity index (χ3n) is 1.90. The summed E-state index contributed by atoms with van der Waals surface area (Å²) in [7, 11) is 0. The van der Waals surface area contributed by atoms with E-state index in [0.29, 0.717) is 12.0 Å². The molecule has 9 heavy (non-hydrogen) atoms. The molecule has 0 aromatic carbocycles. The topological polar surface area (TPSA) is 35.2 Å². The Morgan fingerprint density at radius 3 is 2.78 bits per heavy atom. The first kappa shape index (κ1) is 7.03. The van der Waals surface area contributed by atoms with Gasteiger partial charge in [0.2, 0.25) is 0 Å². The fourth-order valence-corrected chi connectivity index (χ4v) is 1.23. The zero-order chi connectivity index (χ0) is 6.69. The van der Waals surface area contributed by atoms with Gasteiger partial charge in [0.1, 0.15) is 0 Å². The number of rotatable bonds is 1. The summed E-state index contributed by atoms with van der Waals surface area (Å²) in [4.78, 5) is 0. The summed E-state index contributed by atoms with van der Waals surface area (Å²) in [5.41, 5.74) is 5.68. The normalized spacial score (nSPS) is 36.7. The van der Waals surface area contributed by atoms with Gasteiger partial charge in [0.25, 0.3) is 0 Å². The monoisotopic (exact) mass is 129 g/mol. The summed E-state index contributed by atoms with van der Waals surface area (Å²) in [5, 5.41) is 0. The minimum atomic E-state index is 0.295. The summed E-state index contributed by atoms with van der Waals surface area (Å²) in [6.45, 7) is 3.87. The van der Waals surface area contributed by atoms with Crippen LogP contribution >= 0.6 is 0 Å². The lowest BCUT2D eigenvalue weighted by Crippen LogP contribution is -2.35. The molecular formula is C7H15NO. The first-order chi connectivity index (χ1) is 4.33. The summed E-state index contributed by atoms with van der Waals surface area (Å²) in [6, 6.07) is 0.295. The smallest absolute Gasteiger partial charge is 0.0617 e. The highest BCUT2D eigenvalue weighted by Gasteiger charge is 2.17. The molecule has 2 N–H and O–H groups in total. The maximum Gasteiger partial charge on any atom is 0.0617 e. The molecule has 54 valence electrons. The molecule has 0 radical (unpaired) electrons. The van der Waals surface area contributed by atoms with Gasteiger partial charge in [-0.25, -0.2) is 0 Å². The quantitative estimate of drug-likeness (QED) is 0.567. The zero-order valence-electron chi connectivity index (χ0n) is 5.97. The van der Waals surface area contributed by atoms with E-state index >= 15 is 0 Å². The average molecular weight is 129 g/mol. The molecule has 0 amide bonds. The predicted molar refractivity (Wildman–Crippen MR) is 37.2 cm³/mol. The van der Waals surface area contributed by atoms with Crippen molar-refractivity contribution >= 4 is 0 Å². The van der Waals surface area contributed by atoms with Crippen LogP contribution in [0.15, 0.2) is 0 Å². The zero-order valence-corrected chi connectivity index (χ0v) is 5.97. The number of ether oxygens (including phenoxy) is 1. The van der Waals surface area contributed by atoms with Crippen molar-refractivity contribution in [2.75, 3.05) is 13.2 Å². The van der Waals surface area contributed by atoms with Crippen LogP contribution in [0, 0.1) is 5.92 Å².